The van der Waals surface area contributed by atoms with Crippen molar-refractivity contribution in [2.75, 3.05) is 13.1 Å². The second-order valence-electron chi connectivity index (χ2n) is 5.26. The molecule has 5 heteroatoms. The Balaban J connectivity index is 1.89. The number of carbonyl (C=O) groups excluding carboxylic acids is 1. The van der Waals surface area contributed by atoms with Crippen LogP contribution in [0.5, 0.6) is 0 Å². The van der Waals surface area contributed by atoms with E-state index in [0.29, 0.717) is 18.8 Å². The topological polar surface area (TPSA) is 66.8 Å². The zero-order chi connectivity index (χ0) is 13.1. The molecule has 1 aliphatic heterocycles. The first kappa shape index (κ1) is 13.3. The molecule has 18 heavy (non-hydrogen) atoms. The van der Waals surface area contributed by atoms with Gasteiger partial charge in [-0.15, -0.1) is 0 Å². The Morgan fingerprint density at radius 3 is 2.39 bits per heavy atom. The molecular formula is C13H21NO4. The Labute approximate surface area is 107 Å². The van der Waals surface area contributed by atoms with Crippen molar-refractivity contribution in [2.45, 2.75) is 51.2 Å². The lowest BCUT2D eigenvalue weighted by atomic mass is 10.1. The Morgan fingerprint density at radius 2 is 1.89 bits per heavy atom. The maximum Gasteiger partial charge on any atom is 0.332 e. The van der Waals surface area contributed by atoms with Gasteiger partial charge in [0.1, 0.15) is 6.10 Å². The molecule has 0 radical (unpaired) electrons. The van der Waals surface area contributed by atoms with E-state index >= 15 is 0 Å². The lowest BCUT2D eigenvalue weighted by Gasteiger charge is -2.25. The summed E-state index contributed by atoms with van der Waals surface area (Å²) < 4.78 is 5.32. The van der Waals surface area contributed by atoms with Crippen molar-refractivity contribution in [2.24, 2.45) is 5.92 Å². The average Bonchev–Trinajstić information content (AvgIpc) is 3.01. The molecule has 0 aromatic heterocycles. The molecular weight excluding hydrogens is 234 g/mol. The molecule has 5 nitrogen and oxygen atoms in total. The second-order valence-corrected chi connectivity index (χ2v) is 5.26. The number of carbonyl (C=O) groups is 2. The van der Waals surface area contributed by atoms with Gasteiger partial charge in [0, 0.05) is 13.1 Å². The number of carboxylic acid groups (broad SMARTS) is 1. The highest BCUT2D eigenvalue weighted by Crippen LogP contribution is 2.31. The van der Waals surface area contributed by atoms with Crippen molar-refractivity contribution in [3.05, 3.63) is 0 Å². The van der Waals surface area contributed by atoms with Crippen LogP contribution in [-0.2, 0) is 14.3 Å². The third kappa shape index (κ3) is 3.22. The SMILES string of the molecule is CCCN(CC1CC1)C(=O)C1CCC(C(=O)O)O1. The quantitative estimate of drug-likeness (QED) is 0.776. The van der Waals surface area contributed by atoms with E-state index in [-0.39, 0.29) is 5.91 Å². The fourth-order valence-electron chi connectivity index (χ4n) is 2.38. The zero-order valence-electron chi connectivity index (χ0n) is 10.8. The molecule has 1 saturated heterocycles. The lowest BCUT2D eigenvalue weighted by Crippen LogP contribution is -2.41. The van der Waals surface area contributed by atoms with Gasteiger partial charge in [-0.1, -0.05) is 6.92 Å². The lowest BCUT2D eigenvalue weighted by molar-refractivity contribution is -0.154. The summed E-state index contributed by atoms with van der Waals surface area (Å²) in [6.07, 6.45) is 2.96. The first-order valence-electron chi connectivity index (χ1n) is 6.79. The van der Waals surface area contributed by atoms with Gasteiger partial charge in [0.05, 0.1) is 0 Å². The highest BCUT2D eigenvalue weighted by atomic mass is 16.5. The summed E-state index contributed by atoms with van der Waals surface area (Å²) in [5.41, 5.74) is 0. The van der Waals surface area contributed by atoms with Crippen LogP contribution in [0.1, 0.15) is 39.0 Å². The summed E-state index contributed by atoms with van der Waals surface area (Å²) in [6, 6.07) is 0. The molecule has 1 amide bonds. The second kappa shape index (κ2) is 5.69. The van der Waals surface area contributed by atoms with Gasteiger partial charge in [-0.05, 0) is 38.0 Å². The van der Waals surface area contributed by atoms with Crippen molar-refractivity contribution in [3.63, 3.8) is 0 Å². The number of aliphatic carboxylic acids is 1. The number of hydrogen-bond acceptors (Lipinski definition) is 3. The van der Waals surface area contributed by atoms with Gasteiger partial charge in [0.25, 0.3) is 5.91 Å². The predicted molar refractivity (Wildman–Crippen MR) is 65.1 cm³/mol. The number of nitrogens with zero attached hydrogens (tertiary/aromatic N) is 1. The van der Waals surface area contributed by atoms with Crippen molar-refractivity contribution in [3.8, 4) is 0 Å². The molecule has 1 heterocycles. The number of hydrogen-bond donors (Lipinski definition) is 1. The molecule has 1 N–H and O–H groups in total. The van der Waals surface area contributed by atoms with E-state index in [2.05, 4.69) is 0 Å². The van der Waals surface area contributed by atoms with Gasteiger partial charge in [0.2, 0.25) is 0 Å². The summed E-state index contributed by atoms with van der Waals surface area (Å²) in [5.74, 6) is -0.334. The van der Waals surface area contributed by atoms with Crippen LogP contribution in [0.2, 0.25) is 0 Å². The van der Waals surface area contributed by atoms with Gasteiger partial charge in [0.15, 0.2) is 6.10 Å². The summed E-state index contributed by atoms with van der Waals surface area (Å²) in [7, 11) is 0. The molecule has 0 aromatic carbocycles. The Morgan fingerprint density at radius 1 is 1.22 bits per heavy atom. The molecule has 0 bridgehead atoms. The largest absolute Gasteiger partial charge is 0.479 e. The molecule has 2 unspecified atom stereocenters. The minimum atomic E-state index is -0.963. The van der Waals surface area contributed by atoms with Crippen molar-refractivity contribution >= 4 is 11.9 Å². The Bertz CT molecular complexity index is 327. The molecule has 0 spiro atoms. The van der Waals surface area contributed by atoms with Gasteiger partial charge in [-0.25, -0.2) is 4.79 Å². The van der Waals surface area contributed by atoms with Crippen LogP contribution in [0.15, 0.2) is 0 Å². The maximum absolute atomic E-state index is 12.3. The van der Waals surface area contributed by atoms with E-state index in [1.54, 1.807) is 0 Å². The number of rotatable bonds is 6. The van der Waals surface area contributed by atoms with Crippen LogP contribution < -0.4 is 0 Å². The van der Waals surface area contributed by atoms with E-state index in [4.69, 9.17) is 9.84 Å². The summed E-state index contributed by atoms with van der Waals surface area (Å²) >= 11 is 0. The van der Waals surface area contributed by atoms with Crippen molar-refractivity contribution in [1.82, 2.24) is 4.90 Å². The highest BCUT2D eigenvalue weighted by molar-refractivity contribution is 5.82. The molecule has 1 aliphatic carbocycles. The average molecular weight is 255 g/mol. The number of amides is 1. The van der Waals surface area contributed by atoms with Gasteiger partial charge >= 0.3 is 5.97 Å². The third-order valence-electron chi connectivity index (χ3n) is 3.55. The standard InChI is InChI=1S/C13H21NO4/c1-2-7-14(8-9-3-4-9)12(15)10-5-6-11(18-10)13(16)17/h9-11H,2-8H2,1H3,(H,16,17). The van der Waals surface area contributed by atoms with Crippen LogP contribution in [0.3, 0.4) is 0 Å². The van der Waals surface area contributed by atoms with Crippen LogP contribution >= 0.6 is 0 Å². The predicted octanol–water partition coefficient (Wildman–Crippen LogP) is 1.27. The highest BCUT2D eigenvalue weighted by Gasteiger charge is 2.37. The van der Waals surface area contributed by atoms with Gasteiger partial charge in [-0.3, -0.25) is 4.79 Å². The summed E-state index contributed by atoms with van der Waals surface area (Å²) in [4.78, 5) is 24.9. The first-order chi connectivity index (χ1) is 8.61. The number of carboxylic acids is 1. The molecule has 2 aliphatic rings. The van der Waals surface area contributed by atoms with E-state index in [1.807, 2.05) is 11.8 Å². The van der Waals surface area contributed by atoms with E-state index in [9.17, 15) is 9.59 Å². The van der Waals surface area contributed by atoms with Crippen molar-refractivity contribution < 1.29 is 19.4 Å². The molecule has 2 fully saturated rings. The van der Waals surface area contributed by atoms with E-state index in [1.165, 1.54) is 12.8 Å². The Hall–Kier alpha value is -1.10. The molecule has 1 saturated carbocycles. The van der Waals surface area contributed by atoms with Gasteiger partial charge < -0.3 is 14.7 Å². The molecule has 2 atom stereocenters. The smallest absolute Gasteiger partial charge is 0.332 e. The van der Waals surface area contributed by atoms with E-state index < -0.39 is 18.2 Å². The zero-order valence-corrected chi connectivity index (χ0v) is 10.8. The van der Waals surface area contributed by atoms with Crippen molar-refractivity contribution in [1.29, 1.82) is 0 Å². The summed E-state index contributed by atoms with van der Waals surface area (Å²) in [6.45, 7) is 3.60. The fraction of sp³-hybridized carbons (Fsp3) is 0.846. The van der Waals surface area contributed by atoms with Gasteiger partial charge in [-0.2, -0.15) is 0 Å². The Kier molecular flexibility index (Phi) is 4.22. The monoisotopic (exact) mass is 255 g/mol. The molecule has 2 rings (SSSR count). The minimum Gasteiger partial charge on any atom is -0.479 e. The summed E-state index contributed by atoms with van der Waals surface area (Å²) in [5, 5.41) is 8.86. The first-order valence-corrected chi connectivity index (χ1v) is 6.79. The van der Waals surface area contributed by atoms with Crippen LogP contribution in [0.4, 0.5) is 0 Å². The van der Waals surface area contributed by atoms with E-state index in [0.717, 1.165) is 19.5 Å². The van der Waals surface area contributed by atoms with Crippen LogP contribution in [-0.4, -0.2) is 47.2 Å². The minimum absolute atomic E-state index is 0.0208. The maximum atomic E-state index is 12.3. The fourth-order valence-corrected chi connectivity index (χ4v) is 2.38. The normalized spacial score (nSPS) is 27.2. The van der Waals surface area contributed by atoms with Crippen LogP contribution in [0.25, 0.3) is 0 Å². The molecule has 0 aromatic rings. The molecule has 102 valence electrons. The third-order valence-corrected chi connectivity index (χ3v) is 3.55. The number of ether oxygens (including phenoxy) is 1. The van der Waals surface area contributed by atoms with Crippen LogP contribution in [0, 0.1) is 5.92 Å².